The number of hydrogen-bond acceptors (Lipinski definition) is 4. The summed E-state index contributed by atoms with van der Waals surface area (Å²) in [6.07, 6.45) is 0. The maximum absolute atomic E-state index is 12.0. The molecule has 1 N–H and O–H groups in total. The molecular weight excluding hydrogens is 304 g/mol. The van der Waals surface area contributed by atoms with Crippen molar-refractivity contribution < 1.29 is 19.4 Å². The molecule has 0 aliphatic rings. The third-order valence-corrected chi connectivity index (χ3v) is 3.58. The van der Waals surface area contributed by atoms with Crippen molar-refractivity contribution in [3.05, 3.63) is 63.7 Å². The Morgan fingerprint density at radius 2 is 1.82 bits per heavy atom. The zero-order valence-electron chi connectivity index (χ0n) is 12.2. The van der Waals surface area contributed by atoms with E-state index in [-0.39, 0.29) is 17.1 Å². The van der Waals surface area contributed by atoms with Crippen LogP contribution < -0.4 is 0 Å². The molecule has 0 aliphatic heterocycles. The van der Waals surface area contributed by atoms with Gasteiger partial charge in [0, 0.05) is 10.6 Å². The van der Waals surface area contributed by atoms with Gasteiger partial charge >= 0.3 is 5.97 Å². The second-order valence-corrected chi connectivity index (χ2v) is 5.40. The fraction of sp³-hybridized carbons (Fsp3) is 0.176. The van der Waals surface area contributed by atoms with Gasteiger partial charge in [-0.1, -0.05) is 23.7 Å². The number of benzene rings is 2. The summed E-state index contributed by atoms with van der Waals surface area (Å²) >= 11 is 5.77. The molecule has 5 heteroatoms. The molecule has 0 aliphatic carbocycles. The third kappa shape index (κ3) is 3.65. The maximum atomic E-state index is 12.0. The number of halogens is 1. The lowest BCUT2D eigenvalue weighted by Gasteiger charge is -2.07. The molecular formula is C17H15ClO4. The number of phenolic OH excluding ortho intramolecular Hbond substituents is 1. The largest absolute Gasteiger partial charge is 0.507 e. The number of hydrogen-bond donors (Lipinski definition) is 1. The van der Waals surface area contributed by atoms with Gasteiger partial charge in [-0.25, -0.2) is 4.79 Å². The van der Waals surface area contributed by atoms with Gasteiger partial charge < -0.3 is 9.84 Å². The van der Waals surface area contributed by atoms with Gasteiger partial charge in [0.2, 0.25) is 0 Å². The van der Waals surface area contributed by atoms with Crippen LogP contribution in [0.4, 0.5) is 0 Å². The second-order valence-electron chi connectivity index (χ2n) is 4.96. The van der Waals surface area contributed by atoms with Crippen LogP contribution in [0.15, 0.2) is 36.4 Å². The fourth-order valence-corrected chi connectivity index (χ4v) is 2.05. The number of carbonyl (C=O) groups is 2. The number of ether oxygens (including phenoxy) is 1. The van der Waals surface area contributed by atoms with E-state index in [1.54, 1.807) is 12.1 Å². The predicted molar refractivity (Wildman–Crippen MR) is 83.6 cm³/mol. The number of phenols is 1. The number of carbonyl (C=O) groups excluding carboxylic acids is 2. The Balaban J connectivity index is 2.05. The van der Waals surface area contributed by atoms with Crippen LogP contribution in [0.2, 0.25) is 5.02 Å². The van der Waals surface area contributed by atoms with Crippen molar-refractivity contribution in [2.24, 2.45) is 0 Å². The van der Waals surface area contributed by atoms with Crippen molar-refractivity contribution in [1.82, 2.24) is 0 Å². The molecule has 0 fully saturated rings. The Morgan fingerprint density at radius 1 is 1.09 bits per heavy atom. The standard InChI is InChI=1S/C17H15ClO4/c1-10-3-4-12(7-11(10)2)16(20)9-22-17(21)14-8-13(18)5-6-15(14)19/h3-8,19H,9H2,1-2H3. The molecule has 0 radical (unpaired) electrons. The number of rotatable bonds is 4. The van der Waals surface area contributed by atoms with Crippen LogP contribution in [-0.4, -0.2) is 23.5 Å². The quantitative estimate of drug-likeness (QED) is 0.689. The highest BCUT2D eigenvalue weighted by Gasteiger charge is 2.16. The van der Waals surface area contributed by atoms with Crippen LogP contribution in [0.5, 0.6) is 5.75 Å². The third-order valence-electron chi connectivity index (χ3n) is 3.34. The van der Waals surface area contributed by atoms with Crippen LogP contribution in [-0.2, 0) is 4.74 Å². The minimum atomic E-state index is -0.794. The molecule has 0 aromatic heterocycles. The van der Waals surface area contributed by atoms with Crippen LogP contribution in [0.1, 0.15) is 31.8 Å². The van der Waals surface area contributed by atoms with Gasteiger partial charge in [0.15, 0.2) is 12.4 Å². The summed E-state index contributed by atoms with van der Waals surface area (Å²) in [6.45, 7) is 3.46. The normalized spacial score (nSPS) is 10.3. The molecule has 0 atom stereocenters. The molecule has 2 rings (SSSR count). The van der Waals surface area contributed by atoms with E-state index in [0.29, 0.717) is 10.6 Å². The minimum Gasteiger partial charge on any atom is -0.507 e. The van der Waals surface area contributed by atoms with Crippen molar-refractivity contribution >= 4 is 23.4 Å². The Labute approximate surface area is 133 Å². The van der Waals surface area contributed by atoms with E-state index in [4.69, 9.17) is 16.3 Å². The number of esters is 1. The lowest BCUT2D eigenvalue weighted by Crippen LogP contribution is -2.14. The van der Waals surface area contributed by atoms with Crippen molar-refractivity contribution in [1.29, 1.82) is 0 Å². The first kappa shape index (κ1) is 16.0. The number of aromatic hydroxyl groups is 1. The lowest BCUT2D eigenvalue weighted by atomic mass is 10.0. The average Bonchev–Trinajstić information content (AvgIpc) is 2.49. The Bertz CT molecular complexity index is 737. The molecule has 4 nitrogen and oxygen atoms in total. The van der Waals surface area contributed by atoms with Crippen LogP contribution in [0, 0.1) is 13.8 Å². The van der Waals surface area contributed by atoms with E-state index in [0.717, 1.165) is 11.1 Å². The number of Topliss-reactive ketones (excluding diaryl/α,β-unsaturated/α-hetero) is 1. The molecule has 0 heterocycles. The van der Waals surface area contributed by atoms with E-state index in [2.05, 4.69) is 0 Å². The second kappa shape index (κ2) is 6.62. The molecule has 0 unspecified atom stereocenters. The van der Waals surface area contributed by atoms with E-state index in [9.17, 15) is 14.7 Å². The van der Waals surface area contributed by atoms with Crippen molar-refractivity contribution in [3.63, 3.8) is 0 Å². The Kier molecular flexibility index (Phi) is 4.83. The zero-order chi connectivity index (χ0) is 16.3. The zero-order valence-corrected chi connectivity index (χ0v) is 13.0. The minimum absolute atomic E-state index is 0.0691. The molecule has 22 heavy (non-hydrogen) atoms. The summed E-state index contributed by atoms with van der Waals surface area (Å²) in [6, 6.07) is 9.32. The summed E-state index contributed by atoms with van der Waals surface area (Å²) in [5, 5.41) is 9.91. The number of aryl methyl sites for hydroxylation is 2. The maximum Gasteiger partial charge on any atom is 0.342 e. The Hall–Kier alpha value is -2.33. The van der Waals surface area contributed by atoms with Gasteiger partial charge in [-0.3, -0.25) is 4.79 Å². The van der Waals surface area contributed by atoms with E-state index >= 15 is 0 Å². The van der Waals surface area contributed by atoms with Gasteiger partial charge in [0.05, 0.1) is 0 Å². The summed E-state index contributed by atoms with van der Waals surface area (Å²) in [4.78, 5) is 23.9. The summed E-state index contributed by atoms with van der Waals surface area (Å²) in [5.74, 6) is -1.34. The van der Waals surface area contributed by atoms with Gasteiger partial charge in [-0.15, -0.1) is 0 Å². The first-order valence-corrected chi connectivity index (χ1v) is 7.02. The lowest BCUT2D eigenvalue weighted by molar-refractivity contribution is 0.0472. The summed E-state index contributed by atoms with van der Waals surface area (Å²) in [5.41, 5.74) is 2.48. The average molecular weight is 319 g/mol. The smallest absolute Gasteiger partial charge is 0.342 e. The highest BCUT2D eigenvalue weighted by atomic mass is 35.5. The summed E-state index contributed by atoms with van der Waals surface area (Å²) in [7, 11) is 0. The molecule has 114 valence electrons. The van der Waals surface area contributed by atoms with Crippen LogP contribution >= 0.6 is 11.6 Å². The van der Waals surface area contributed by atoms with E-state index in [1.165, 1.54) is 18.2 Å². The fourth-order valence-electron chi connectivity index (χ4n) is 1.88. The van der Waals surface area contributed by atoms with Gasteiger partial charge in [-0.05, 0) is 49.2 Å². The van der Waals surface area contributed by atoms with Gasteiger partial charge in [0.1, 0.15) is 11.3 Å². The molecule has 0 spiro atoms. The molecule has 0 bridgehead atoms. The molecule has 2 aromatic carbocycles. The van der Waals surface area contributed by atoms with Crippen molar-refractivity contribution in [3.8, 4) is 5.75 Å². The topological polar surface area (TPSA) is 63.6 Å². The first-order valence-electron chi connectivity index (χ1n) is 6.64. The molecule has 0 saturated carbocycles. The van der Waals surface area contributed by atoms with E-state index < -0.39 is 12.6 Å². The van der Waals surface area contributed by atoms with Crippen LogP contribution in [0.25, 0.3) is 0 Å². The van der Waals surface area contributed by atoms with Crippen molar-refractivity contribution in [2.75, 3.05) is 6.61 Å². The van der Waals surface area contributed by atoms with Crippen molar-refractivity contribution in [2.45, 2.75) is 13.8 Å². The number of ketones is 1. The predicted octanol–water partition coefficient (Wildman–Crippen LogP) is 3.70. The first-order chi connectivity index (χ1) is 10.4. The molecule has 2 aromatic rings. The monoisotopic (exact) mass is 318 g/mol. The highest BCUT2D eigenvalue weighted by molar-refractivity contribution is 6.31. The van der Waals surface area contributed by atoms with Gasteiger partial charge in [-0.2, -0.15) is 0 Å². The Morgan fingerprint density at radius 3 is 2.50 bits per heavy atom. The SMILES string of the molecule is Cc1ccc(C(=O)COC(=O)c2cc(Cl)ccc2O)cc1C. The van der Waals surface area contributed by atoms with Crippen LogP contribution in [0.3, 0.4) is 0 Å². The molecule has 0 saturated heterocycles. The van der Waals surface area contributed by atoms with Gasteiger partial charge in [0.25, 0.3) is 0 Å². The highest BCUT2D eigenvalue weighted by Crippen LogP contribution is 2.22. The van der Waals surface area contributed by atoms with E-state index in [1.807, 2.05) is 19.9 Å². The molecule has 0 amide bonds. The summed E-state index contributed by atoms with van der Waals surface area (Å²) < 4.78 is 4.94.